The second-order valence-corrected chi connectivity index (χ2v) is 10.1. The molecule has 2 aliphatic rings. The van der Waals surface area contributed by atoms with Crippen molar-refractivity contribution in [1.82, 2.24) is 20.3 Å². The number of H-pyrrole nitrogens is 1. The van der Waals surface area contributed by atoms with Crippen molar-refractivity contribution in [3.63, 3.8) is 0 Å². The van der Waals surface area contributed by atoms with E-state index in [1.807, 2.05) is 48.9 Å². The van der Waals surface area contributed by atoms with Gasteiger partial charge >= 0.3 is 0 Å². The monoisotopic (exact) mass is 484 g/mol. The zero-order chi connectivity index (χ0) is 25.1. The minimum Gasteiger partial charge on any atom is -0.491 e. The van der Waals surface area contributed by atoms with Crippen molar-refractivity contribution in [2.75, 3.05) is 40.0 Å². The highest BCUT2D eigenvalue weighted by molar-refractivity contribution is 6.10. The summed E-state index contributed by atoms with van der Waals surface area (Å²) in [5.74, 6) is 0.593. The average molecular weight is 485 g/mol. The SMILES string of the molecule is C=C(/C=N\N(C)C1CCNCC1)c1cnc2[nH]cc(-c3ccc(OCC4(C)COC4)c(C#N)c3)c2c1. The van der Waals surface area contributed by atoms with E-state index in [-0.39, 0.29) is 5.41 Å². The molecule has 2 fully saturated rings. The molecular weight excluding hydrogens is 452 g/mol. The fourth-order valence-corrected chi connectivity index (χ4v) is 4.62. The number of hydrogen-bond donors (Lipinski definition) is 2. The number of piperidine rings is 1. The van der Waals surface area contributed by atoms with Crippen LogP contribution in [0.2, 0.25) is 0 Å². The predicted octanol–water partition coefficient (Wildman–Crippen LogP) is 4.20. The van der Waals surface area contributed by atoms with Gasteiger partial charge in [0.15, 0.2) is 0 Å². The fraction of sp³-hybridized carbons (Fsp3) is 0.393. The topological polar surface area (TPSA) is 98.6 Å². The Kier molecular flexibility index (Phi) is 6.77. The van der Waals surface area contributed by atoms with Crippen molar-refractivity contribution in [1.29, 1.82) is 5.26 Å². The van der Waals surface area contributed by atoms with Crippen molar-refractivity contribution in [2.45, 2.75) is 25.8 Å². The number of aromatic nitrogens is 2. The summed E-state index contributed by atoms with van der Waals surface area (Å²) in [7, 11) is 2.02. The highest BCUT2D eigenvalue weighted by Crippen LogP contribution is 2.34. The molecule has 2 N–H and O–H groups in total. The van der Waals surface area contributed by atoms with E-state index in [0.29, 0.717) is 37.2 Å². The number of hydrazone groups is 1. The molecule has 8 nitrogen and oxygen atoms in total. The van der Waals surface area contributed by atoms with E-state index in [1.54, 1.807) is 0 Å². The summed E-state index contributed by atoms with van der Waals surface area (Å²) >= 11 is 0. The van der Waals surface area contributed by atoms with Gasteiger partial charge < -0.3 is 19.8 Å². The van der Waals surface area contributed by atoms with Crippen LogP contribution < -0.4 is 10.1 Å². The number of pyridine rings is 1. The van der Waals surface area contributed by atoms with Crippen LogP contribution in [-0.4, -0.2) is 67.2 Å². The van der Waals surface area contributed by atoms with E-state index < -0.39 is 0 Å². The van der Waals surface area contributed by atoms with Crippen LogP contribution in [0.4, 0.5) is 0 Å². The summed E-state index contributed by atoms with van der Waals surface area (Å²) in [6.07, 6.45) is 7.72. The van der Waals surface area contributed by atoms with Gasteiger partial charge in [-0.2, -0.15) is 10.4 Å². The van der Waals surface area contributed by atoms with E-state index in [9.17, 15) is 5.26 Å². The third-order valence-electron chi connectivity index (χ3n) is 7.02. The van der Waals surface area contributed by atoms with E-state index in [0.717, 1.165) is 59.2 Å². The van der Waals surface area contributed by atoms with Crippen LogP contribution >= 0.6 is 0 Å². The van der Waals surface area contributed by atoms with Gasteiger partial charge in [-0.1, -0.05) is 19.6 Å². The summed E-state index contributed by atoms with van der Waals surface area (Å²) in [4.78, 5) is 7.84. The van der Waals surface area contributed by atoms with Crippen LogP contribution in [-0.2, 0) is 4.74 Å². The number of nitrogens with zero attached hydrogens (tertiary/aromatic N) is 4. The van der Waals surface area contributed by atoms with Gasteiger partial charge in [-0.15, -0.1) is 0 Å². The molecular formula is C28H32N6O2. The summed E-state index contributed by atoms with van der Waals surface area (Å²) < 4.78 is 11.3. The average Bonchev–Trinajstić information content (AvgIpc) is 3.33. The lowest BCUT2D eigenvalue weighted by Gasteiger charge is -2.37. The molecule has 0 aliphatic carbocycles. The smallest absolute Gasteiger partial charge is 0.137 e. The Morgan fingerprint density at radius 1 is 1.36 bits per heavy atom. The van der Waals surface area contributed by atoms with E-state index >= 15 is 0 Å². The molecule has 186 valence electrons. The van der Waals surface area contributed by atoms with E-state index in [1.165, 1.54) is 0 Å². The number of nitrogens with one attached hydrogen (secondary N) is 2. The molecule has 0 spiro atoms. The summed E-state index contributed by atoms with van der Waals surface area (Å²) in [6, 6.07) is 10.5. The number of rotatable bonds is 8. The molecule has 2 aromatic heterocycles. The Bertz CT molecular complexity index is 1330. The van der Waals surface area contributed by atoms with Gasteiger partial charge in [0, 0.05) is 47.4 Å². The minimum atomic E-state index is 0.0123. The van der Waals surface area contributed by atoms with Gasteiger partial charge in [-0.25, -0.2) is 4.98 Å². The Labute approximate surface area is 211 Å². The summed E-state index contributed by atoms with van der Waals surface area (Å²) in [5.41, 5.74) is 4.90. The van der Waals surface area contributed by atoms with Crippen molar-refractivity contribution < 1.29 is 9.47 Å². The van der Waals surface area contributed by atoms with Gasteiger partial charge in [-0.05, 0) is 55.3 Å². The highest BCUT2D eigenvalue weighted by Gasteiger charge is 2.34. The number of ether oxygens (including phenoxy) is 2. The molecule has 0 amide bonds. The first kappa shape index (κ1) is 24.0. The van der Waals surface area contributed by atoms with Gasteiger partial charge in [-0.3, -0.25) is 5.01 Å². The highest BCUT2D eigenvalue weighted by atomic mass is 16.5. The third kappa shape index (κ3) is 4.99. The number of fused-ring (bicyclic) bond motifs is 1. The quantitative estimate of drug-likeness (QED) is 0.367. The standard InChI is InChI=1S/C28H32N6O2/c1-19(13-33-34(3)23-6-8-30-9-7-23)22-11-24-25(15-32-27(24)31-14-22)20-4-5-26(21(10-20)12-29)36-18-28(2)16-35-17-28/h4-5,10-11,13-15,23,30H,1,6-9,16-18H2,2-3H3,(H,31,32)/b33-13-. The van der Waals surface area contributed by atoms with Crippen LogP contribution in [0.25, 0.3) is 27.7 Å². The Morgan fingerprint density at radius 2 is 2.17 bits per heavy atom. The van der Waals surface area contributed by atoms with Gasteiger partial charge in [0.25, 0.3) is 0 Å². The maximum absolute atomic E-state index is 9.76. The van der Waals surface area contributed by atoms with Gasteiger partial charge in [0.2, 0.25) is 0 Å². The Hall–Kier alpha value is -3.67. The summed E-state index contributed by atoms with van der Waals surface area (Å²) in [5, 5.41) is 20.8. The molecule has 0 bridgehead atoms. The van der Waals surface area contributed by atoms with Crippen LogP contribution in [0, 0.1) is 16.7 Å². The van der Waals surface area contributed by atoms with Crippen molar-refractivity contribution >= 4 is 22.8 Å². The first-order valence-corrected chi connectivity index (χ1v) is 12.3. The number of nitriles is 1. The second kappa shape index (κ2) is 10.1. The number of allylic oxidation sites excluding steroid dienone is 1. The predicted molar refractivity (Wildman–Crippen MR) is 142 cm³/mol. The van der Waals surface area contributed by atoms with E-state index in [2.05, 4.69) is 46.0 Å². The molecule has 5 rings (SSSR count). The number of aromatic amines is 1. The molecule has 0 unspecified atom stereocenters. The van der Waals surface area contributed by atoms with Crippen LogP contribution in [0.15, 0.2) is 48.3 Å². The molecule has 8 heteroatoms. The molecule has 4 heterocycles. The van der Waals surface area contributed by atoms with E-state index in [4.69, 9.17) is 9.47 Å². The fourth-order valence-electron chi connectivity index (χ4n) is 4.62. The van der Waals surface area contributed by atoms with Crippen LogP contribution in [0.3, 0.4) is 0 Å². The summed E-state index contributed by atoms with van der Waals surface area (Å²) in [6.45, 7) is 10.3. The first-order chi connectivity index (χ1) is 17.5. The normalized spacial score (nSPS) is 17.6. The molecule has 2 saturated heterocycles. The third-order valence-corrected chi connectivity index (χ3v) is 7.02. The molecule has 36 heavy (non-hydrogen) atoms. The molecule has 2 aliphatic heterocycles. The van der Waals surface area contributed by atoms with Crippen molar-refractivity contribution in [3.05, 3.63) is 54.4 Å². The first-order valence-electron chi connectivity index (χ1n) is 12.3. The Morgan fingerprint density at radius 3 is 2.89 bits per heavy atom. The van der Waals surface area contributed by atoms with Crippen LogP contribution in [0.5, 0.6) is 5.75 Å². The molecule has 3 aromatic rings. The minimum absolute atomic E-state index is 0.0123. The van der Waals surface area contributed by atoms with Crippen molar-refractivity contribution in [2.24, 2.45) is 10.5 Å². The molecule has 0 atom stereocenters. The lowest BCUT2D eigenvalue weighted by atomic mass is 9.90. The van der Waals surface area contributed by atoms with Crippen molar-refractivity contribution in [3.8, 4) is 22.9 Å². The second-order valence-electron chi connectivity index (χ2n) is 10.1. The van der Waals surface area contributed by atoms with Gasteiger partial charge in [0.05, 0.1) is 31.6 Å². The molecule has 0 radical (unpaired) electrons. The van der Waals surface area contributed by atoms with Crippen LogP contribution in [0.1, 0.15) is 30.9 Å². The maximum atomic E-state index is 9.76. The lowest BCUT2D eigenvalue weighted by molar-refractivity contribution is -0.120. The zero-order valence-corrected chi connectivity index (χ0v) is 20.9. The Balaban J connectivity index is 1.35. The maximum Gasteiger partial charge on any atom is 0.137 e. The molecule has 0 saturated carbocycles. The largest absolute Gasteiger partial charge is 0.491 e. The number of hydrogen-bond acceptors (Lipinski definition) is 7. The lowest BCUT2D eigenvalue weighted by Crippen LogP contribution is -2.44. The molecule has 1 aromatic carbocycles. The zero-order valence-electron chi connectivity index (χ0n) is 20.9. The van der Waals surface area contributed by atoms with Gasteiger partial charge in [0.1, 0.15) is 17.5 Å². The number of benzene rings is 1.